The van der Waals surface area contributed by atoms with E-state index in [1.807, 2.05) is 24.3 Å². The van der Waals surface area contributed by atoms with Crippen molar-refractivity contribution < 1.29 is 9.18 Å². The van der Waals surface area contributed by atoms with E-state index in [9.17, 15) is 9.18 Å². The molecule has 1 aliphatic heterocycles. The Bertz CT molecular complexity index is 720. The van der Waals surface area contributed by atoms with Crippen molar-refractivity contribution >= 4 is 17.3 Å². The lowest BCUT2D eigenvalue weighted by Crippen LogP contribution is -2.47. The highest BCUT2D eigenvalue weighted by atomic mass is 19.1. The fraction of sp³-hybridized carbons (Fsp3) is 0.333. The van der Waals surface area contributed by atoms with Crippen molar-refractivity contribution in [1.29, 1.82) is 0 Å². The summed E-state index contributed by atoms with van der Waals surface area (Å²) in [5.74, 6) is 0.927. The molecule has 1 amide bonds. The molecule has 1 N–H and O–H groups in total. The van der Waals surface area contributed by atoms with Crippen LogP contribution < -0.4 is 10.2 Å². The van der Waals surface area contributed by atoms with Crippen LogP contribution in [-0.4, -0.2) is 43.5 Å². The SMILES string of the molecule is C[C](C)CN1CCN(c2ccc(C(=O)Nc3ccc(F)cc3)cc2)CC1. The largest absolute Gasteiger partial charge is 0.369 e. The summed E-state index contributed by atoms with van der Waals surface area (Å²) in [4.78, 5) is 17.1. The number of rotatable bonds is 5. The molecule has 137 valence electrons. The Kier molecular flexibility index (Phi) is 5.89. The van der Waals surface area contributed by atoms with Crippen molar-refractivity contribution in [2.75, 3.05) is 42.9 Å². The Morgan fingerprint density at radius 3 is 2.15 bits per heavy atom. The van der Waals surface area contributed by atoms with Gasteiger partial charge in [-0.15, -0.1) is 0 Å². The van der Waals surface area contributed by atoms with E-state index in [1.165, 1.54) is 18.1 Å². The van der Waals surface area contributed by atoms with E-state index in [1.54, 1.807) is 12.1 Å². The van der Waals surface area contributed by atoms with Gasteiger partial charge in [0.25, 0.3) is 5.91 Å². The second-order valence-electron chi connectivity index (χ2n) is 6.98. The van der Waals surface area contributed by atoms with E-state index in [-0.39, 0.29) is 11.7 Å². The molecule has 4 nitrogen and oxygen atoms in total. The first kappa shape index (κ1) is 18.4. The zero-order chi connectivity index (χ0) is 18.5. The molecule has 0 unspecified atom stereocenters. The van der Waals surface area contributed by atoms with Crippen molar-refractivity contribution in [2.45, 2.75) is 13.8 Å². The number of piperazine rings is 1. The topological polar surface area (TPSA) is 35.6 Å². The van der Waals surface area contributed by atoms with Crippen LogP contribution in [-0.2, 0) is 0 Å². The normalized spacial score (nSPS) is 15.3. The highest BCUT2D eigenvalue weighted by Gasteiger charge is 2.18. The molecule has 5 heteroatoms. The lowest BCUT2D eigenvalue weighted by atomic mass is 10.1. The standard InChI is InChI=1S/C21H25FN3O/c1-16(2)15-24-11-13-25(14-12-24)20-9-3-17(4-10-20)21(26)23-19-7-5-18(22)6-8-19/h3-10H,11-15H2,1-2H3,(H,23,26). The molecule has 0 atom stereocenters. The van der Waals surface area contributed by atoms with Gasteiger partial charge in [0.15, 0.2) is 0 Å². The van der Waals surface area contributed by atoms with Gasteiger partial charge < -0.3 is 10.2 Å². The third kappa shape index (κ3) is 4.82. The summed E-state index contributed by atoms with van der Waals surface area (Å²) in [7, 11) is 0. The van der Waals surface area contributed by atoms with Crippen molar-refractivity contribution in [1.82, 2.24) is 4.90 Å². The molecular weight excluding hydrogens is 329 g/mol. The molecule has 26 heavy (non-hydrogen) atoms. The highest BCUT2D eigenvalue weighted by Crippen LogP contribution is 2.19. The smallest absolute Gasteiger partial charge is 0.255 e. The van der Waals surface area contributed by atoms with Crippen molar-refractivity contribution in [3.05, 3.63) is 65.8 Å². The maximum atomic E-state index is 12.9. The Balaban J connectivity index is 1.56. The van der Waals surface area contributed by atoms with Crippen LogP contribution >= 0.6 is 0 Å². The van der Waals surface area contributed by atoms with Gasteiger partial charge in [-0.25, -0.2) is 4.39 Å². The zero-order valence-electron chi connectivity index (χ0n) is 15.3. The number of halogens is 1. The Labute approximate surface area is 154 Å². The molecule has 1 radical (unpaired) electrons. The molecule has 1 saturated heterocycles. The predicted molar refractivity (Wildman–Crippen MR) is 104 cm³/mol. The number of carbonyl (C=O) groups excluding carboxylic acids is 1. The number of amides is 1. The minimum Gasteiger partial charge on any atom is -0.369 e. The van der Waals surface area contributed by atoms with E-state index >= 15 is 0 Å². The second kappa shape index (κ2) is 8.32. The van der Waals surface area contributed by atoms with Gasteiger partial charge in [-0.3, -0.25) is 9.69 Å². The average molecular weight is 354 g/mol. The number of anilines is 2. The molecule has 0 saturated carbocycles. The van der Waals surface area contributed by atoms with Gasteiger partial charge in [-0.2, -0.15) is 0 Å². The third-order valence-corrected chi connectivity index (χ3v) is 4.51. The van der Waals surface area contributed by atoms with Crippen LogP contribution in [0, 0.1) is 11.7 Å². The minimum absolute atomic E-state index is 0.193. The van der Waals surface area contributed by atoms with E-state index in [0.29, 0.717) is 11.3 Å². The Hall–Kier alpha value is -2.40. The molecule has 1 heterocycles. The van der Waals surface area contributed by atoms with Crippen LogP contribution in [0.25, 0.3) is 0 Å². The van der Waals surface area contributed by atoms with E-state index in [2.05, 4.69) is 29.0 Å². The van der Waals surface area contributed by atoms with Gasteiger partial charge in [0, 0.05) is 49.7 Å². The van der Waals surface area contributed by atoms with Crippen LogP contribution in [0.4, 0.5) is 15.8 Å². The first-order chi connectivity index (χ1) is 12.5. The molecule has 2 aromatic rings. The van der Waals surface area contributed by atoms with E-state index in [0.717, 1.165) is 38.4 Å². The monoisotopic (exact) mass is 354 g/mol. The van der Waals surface area contributed by atoms with Crippen LogP contribution in [0.15, 0.2) is 48.5 Å². The summed E-state index contributed by atoms with van der Waals surface area (Å²) >= 11 is 0. The predicted octanol–water partition coefficient (Wildman–Crippen LogP) is 3.81. The number of carbonyl (C=O) groups is 1. The molecule has 0 aromatic heterocycles. The van der Waals surface area contributed by atoms with Crippen LogP contribution in [0.2, 0.25) is 0 Å². The molecule has 1 aliphatic rings. The number of hydrogen-bond donors (Lipinski definition) is 1. The summed E-state index contributed by atoms with van der Waals surface area (Å²) in [5, 5.41) is 2.78. The molecule has 0 bridgehead atoms. The maximum absolute atomic E-state index is 12.9. The van der Waals surface area contributed by atoms with Gasteiger partial charge in [0.1, 0.15) is 5.82 Å². The van der Waals surface area contributed by atoms with Crippen LogP contribution in [0.5, 0.6) is 0 Å². The molecule has 2 aromatic carbocycles. The first-order valence-electron chi connectivity index (χ1n) is 8.94. The summed E-state index contributed by atoms with van der Waals surface area (Å²) in [6.45, 7) is 9.50. The number of nitrogens with zero attached hydrogens (tertiary/aromatic N) is 2. The van der Waals surface area contributed by atoms with Crippen molar-refractivity contribution in [2.24, 2.45) is 0 Å². The van der Waals surface area contributed by atoms with E-state index in [4.69, 9.17) is 0 Å². The van der Waals surface area contributed by atoms with Gasteiger partial charge in [0.05, 0.1) is 0 Å². The Morgan fingerprint density at radius 1 is 0.962 bits per heavy atom. The lowest BCUT2D eigenvalue weighted by Gasteiger charge is -2.36. The number of nitrogens with one attached hydrogen (secondary N) is 1. The van der Waals surface area contributed by atoms with Crippen LogP contribution in [0.3, 0.4) is 0 Å². The fourth-order valence-electron chi connectivity index (χ4n) is 3.17. The zero-order valence-corrected chi connectivity index (χ0v) is 15.3. The molecular formula is C21H25FN3O. The summed E-state index contributed by atoms with van der Waals surface area (Å²) in [6, 6.07) is 13.4. The quantitative estimate of drug-likeness (QED) is 0.887. The molecule has 0 aliphatic carbocycles. The summed E-state index contributed by atoms with van der Waals surface area (Å²) in [5.41, 5.74) is 2.31. The van der Waals surface area contributed by atoms with Gasteiger partial charge in [-0.1, -0.05) is 13.8 Å². The van der Waals surface area contributed by atoms with Crippen molar-refractivity contribution in [3.8, 4) is 0 Å². The summed E-state index contributed by atoms with van der Waals surface area (Å²) in [6.07, 6.45) is 0. The summed E-state index contributed by atoms with van der Waals surface area (Å²) < 4.78 is 12.9. The van der Waals surface area contributed by atoms with Gasteiger partial charge >= 0.3 is 0 Å². The Morgan fingerprint density at radius 2 is 1.58 bits per heavy atom. The lowest BCUT2D eigenvalue weighted by molar-refractivity contribution is 0.102. The fourth-order valence-corrected chi connectivity index (χ4v) is 3.17. The average Bonchev–Trinajstić information content (AvgIpc) is 2.64. The van der Waals surface area contributed by atoms with Gasteiger partial charge in [-0.05, 0) is 54.4 Å². The highest BCUT2D eigenvalue weighted by molar-refractivity contribution is 6.04. The molecule has 1 fully saturated rings. The van der Waals surface area contributed by atoms with E-state index < -0.39 is 0 Å². The van der Waals surface area contributed by atoms with Crippen LogP contribution in [0.1, 0.15) is 24.2 Å². The third-order valence-electron chi connectivity index (χ3n) is 4.51. The van der Waals surface area contributed by atoms with Crippen molar-refractivity contribution in [3.63, 3.8) is 0 Å². The number of hydrogen-bond acceptors (Lipinski definition) is 3. The molecule has 3 rings (SSSR count). The maximum Gasteiger partial charge on any atom is 0.255 e. The van der Waals surface area contributed by atoms with Gasteiger partial charge in [0.2, 0.25) is 0 Å². The first-order valence-corrected chi connectivity index (χ1v) is 8.94. The molecule has 0 spiro atoms. The number of benzene rings is 2. The minimum atomic E-state index is -0.320. The second-order valence-corrected chi connectivity index (χ2v) is 6.98.